The zero-order valence-corrected chi connectivity index (χ0v) is 25.3. The summed E-state index contributed by atoms with van der Waals surface area (Å²) in [6.07, 6.45) is 5.89. The normalized spacial score (nSPS) is 12.9. The summed E-state index contributed by atoms with van der Waals surface area (Å²) in [7, 11) is 0. The van der Waals surface area contributed by atoms with Gasteiger partial charge in [-0.05, 0) is 92.3 Å². The van der Waals surface area contributed by atoms with E-state index in [1.54, 1.807) is 42.5 Å². The maximum atomic E-state index is 13.5. The Labute approximate surface area is 261 Å². The number of fused-ring (bicyclic) bond motifs is 3. The third kappa shape index (κ3) is 6.53. The summed E-state index contributed by atoms with van der Waals surface area (Å²) in [5.41, 5.74) is 6.50. The standard InChI is InChI=1S/C37H33N3O3S/c1-25-10-9-11-26(22-25)23-32(39-36(42)27-12-3-2-4-13-27)37(43)38-28-18-20-29(21-19-28)44-24-35(41)40-33-16-7-5-14-30(33)31-15-6-8-17-34(31)40/h2-5,7,9-14,16,18-23H,6,8,15,17,24H2,1H3,(H,38,43)(H,39,42)/b32-23-. The molecule has 4 aromatic carbocycles. The van der Waals surface area contributed by atoms with Gasteiger partial charge in [-0.25, -0.2) is 0 Å². The number of thioether (sulfide) groups is 1. The van der Waals surface area contributed by atoms with E-state index < -0.39 is 5.91 Å². The monoisotopic (exact) mass is 599 g/mol. The molecule has 1 aliphatic rings. The van der Waals surface area contributed by atoms with Gasteiger partial charge in [-0.2, -0.15) is 0 Å². The number of aromatic nitrogens is 1. The highest BCUT2D eigenvalue weighted by Gasteiger charge is 2.23. The van der Waals surface area contributed by atoms with E-state index in [9.17, 15) is 14.4 Å². The van der Waals surface area contributed by atoms with Crippen LogP contribution >= 0.6 is 11.8 Å². The molecular formula is C37H33N3O3S. The first-order valence-corrected chi connectivity index (χ1v) is 15.8. The van der Waals surface area contributed by atoms with Crippen LogP contribution in [0.25, 0.3) is 17.0 Å². The lowest BCUT2D eigenvalue weighted by atomic mass is 9.96. The second-order valence-electron chi connectivity index (χ2n) is 10.9. The molecule has 7 heteroatoms. The van der Waals surface area contributed by atoms with Crippen molar-refractivity contribution >= 4 is 52.1 Å². The zero-order chi connectivity index (χ0) is 30.5. The number of benzene rings is 4. The summed E-state index contributed by atoms with van der Waals surface area (Å²) in [4.78, 5) is 40.7. The van der Waals surface area contributed by atoms with E-state index in [0.29, 0.717) is 17.0 Å². The first-order chi connectivity index (χ1) is 21.5. The van der Waals surface area contributed by atoms with Gasteiger partial charge >= 0.3 is 0 Å². The Balaban J connectivity index is 1.14. The second kappa shape index (κ2) is 13.2. The molecule has 44 heavy (non-hydrogen) atoms. The van der Waals surface area contributed by atoms with Crippen LogP contribution in [0.1, 0.15) is 50.4 Å². The molecule has 0 radical (unpaired) electrons. The van der Waals surface area contributed by atoms with Crippen LogP contribution in [-0.4, -0.2) is 28.0 Å². The summed E-state index contributed by atoms with van der Waals surface area (Å²) in [5.74, 6) is -0.415. The second-order valence-corrected chi connectivity index (χ2v) is 12.0. The number of amides is 2. The summed E-state index contributed by atoms with van der Waals surface area (Å²) in [6.45, 7) is 1.97. The summed E-state index contributed by atoms with van der Waals surface area (Å²) >= 11 is 1.48. The smallest absolute Gasteiger partial charge is 0.272 e. The van der Waals surface area contributed by atoms with Gasteiger partial charge in [0.25, 0.3) is 11.8 Å². The SMILES string of the molecule is Cc1cccc(/C=C(\NC(=O)c2ccccc2)C(=O)Nc2ccc(SCC(=O)n3c4c(c5ccccc53)CCCC4)cc2)c1. The van der Waals surface area contributed by atoms with Crippen LogP contribution < -0.4 is 10.6 Å². The molecule has 6 nitrogen and oxygen atoms in total. The van der Waals surface area contributed by atoms with E-state index in [4.69, 9.17) is 0 Å². The van der Waals surface area contributed by atoms with Crippen LogP contribution in [0.3, 0.4) is 0 Å². The van der Waals surface area contributed by atoms with Gasteiger partial charge in [0, 0.05) is 27.2 Å². The zero-order valence-electron chi connectivity index (χ0n) is 24.5. The van der Waals surface area contributed by atoms with Gasteiger partial charge in [-0.15, -0.1) is 11.8 Å². The summed E-state index contributed by atoms with van der Waals surface area (Å²) in [6, 6.07) is 32.1. The van der Waals surface area contributed by atoms with Crippen LogP contribution in [0.2, 0.25) is 0 Å². The lowest BCUT2D eigenvalue weighted by molar-refractivity contribution is -0.113. The van der Waals surface area contributed by atoms with E-state index in [0.717, 1.165) is 52.9 Å². The van der Waals surface area contributed by atoms with Crippen molar-refractivity contribution in [3.8, 4) is 0 Å². The summed E-state index contributed by atoms with van der Waals surface area (Å²) in [5, 5.41) is 6.87. The van der Waals surface area contributed by atoms with E-state index >= 15 is 0 Å². The highest BCUT2D eigenvalue weighted by Crippen LogP contribution is 2.33. The van der Waals surface area contributed by atoms with Crippen molar-refractivity contribution in [2.45, 2.75) is 37.5 Å². The number of anilines is 1. The molecule has 2 amide bonds. The molecule has 0 saturated carbocycles. The van der Waals surface area contributed by atoms with Gasteiger partial charge in [0.2, 0.25) is 5.91 Å². The maximum Gasteiger partial charge on any atom is 0.272 e. The number of rotatable bonds is 8. The maximum absolute atomic E-state index is 13.5. The molecule has 0 fully saturated rings. The number of aryl methyl sites for hydroxylation is 2. The average molecular weight is 600 g/mol. The predicted molar refractivity (Wildman–Crippen MR) is 178 cm³/mol. The molecule has 0 atom stereocenters. The first kappa shape index (κ1) is 29.2. The van der Waals surface area contributed by atoms with Crippen molar-refractivity contribution in [1.82, 2.24) is 9.88 Å². The number of hydrogen-bond acceptors (Lipinski definition) is 4. The van der Waals surface area contributed by atoms with E-state index in [1.807, 2.05) is 72.2 Å². The van der Waals surface area contributed by atoms with Crippen molar-refractivity contribution in [3.63, 3.8) is 0 Å². The highest BCUT2D eigenvalue weighted by atomic mass is 32.2. The number of carbonyl (C=O) groups excluding carboxylic acids is 3. The van der Waals surface area contributed by atoms with Crippen LogP contribution in [0, 0.1) is 6.92 Å². The van der Waals surface area contributed by atoms with Gasteiger partial charge < -0.3 is 10.6 Å². The molecule has 1 aromatic heterocycles. The van der Waals surface area contributed by atoms with Crippen molar-refractivity contribution in [1.29, 1.82) is 0 Å². The van der Waals surface area contributed by atoms with Crippen LogP contribution in [0.4, 0.5) is 5.69 Å². The summed E-state index contributed by atoms with van der Waals surface area (Å²) < 4.78 is 1.93. The van der Waals surface area contributed by atoms with E-state index in [1.165, 1.54) is 22.7 Å². The molecule has 2 N–H and O–H groups in total. The van der Waals surface area contributed by atoms with Gasteiger partial charge in [-0.1, -0.05) is 66.2 Å². The van der Waals surface area contributed by atoms with Crippen LogP contribution in [-0.2, 0) is 17.6 Å². The van der Waals surface area contributed by atoms with Crippen molar-refractivity contribution in [2.24, 2.45) is 0 Å². The Morgan fingerprint density at radius 1 is 0.841 bits per heavy atom. The molecule has 0 unspecified atom stereocenters. The fraction of sp³-hybridized carbons (Fsp3) is 0.162. The molecule has 220 valence electrons. The highest BCUT2D eigenvalue weighted by molar-refractivity contribution is 8.00. The number of carbonyl (C=O) groups is 3. The molecule has 1 heterocycles. The minimum Gasteiger partial charge on any atom is -0.321 e. The fourth-order valence-corrected chi connectivity index (χ4v) is 6.44. The third-order valence-corrected chi connectivity index (χ3v) is 8.78. The quantitative estimate of drug-likeness (QED) is 0.142. The molecule has 0 spiro atoms. The van der Waals surface area contributed by atoms with E-state index in [-0.39, 0.29) is 17.5 Å². The fourth-order valence-electron chi connectivity index (χ4n) is 5.69. The lowest BCUT2D eigenvalue weighted by Crippen LogP contribution is -2.30. The Bertz CT molecular complexity index is 1870. The number of para-hydroxylation sites is 1. The molecule has 6 rings (SSSR count). The number of nitrogens with zero attached hydrogens (tertiary/aromatic N) is 1. The molecule has 1 aliphatic carbocycles. The van der Waals surface area contributed by atoms with Crippen molar-refractivity contribution in [3.05, 3.63) is 137 Å². The predicted octanol–water partition coefficient (Wildman–Crippen LogP) is 7.67. The Morgan fingerprint density at radius 3 is 2.39 bits per heavy atom. The average Bonchev–Trinajstić information content (AvgIpc) is 3.39. The van der Waals surface area contributed by atoms with Crippen LogP contribution in [0.15, 0.2) is 114 Å². The Kier molecular flexibility index (Phi) is 8.75. The minimum atomic E-state index is -0.435. The van der Waals surface area contributed by atoms with Gasteiger partial charge in [0.1, 0.15) is 5.70 Å². The molecular weight excluding hydrogens is 566 g/mol. The molecule has 5 aromatic rings. The van der Waals surface area contributed by atoms with Gasteiger partial charge in [-0.3, -0.25) is 19.0 Å². The molecule has 0 aliphatic heterocycles. The lowest BCUT2D eigenvalue weighted by Gasteiger charge is -2.15. The molecule has 0 saturated heterocycles. The number of nitrogens with one attached hydrogen (secondary N) is 2. The molecule has 0 bridgehead atoms. The topological polar surface area (TPSA) is 80.2 Å². The van der Waals surface area contributed by atoms with Crippen LogP contribution in [0.5, 0.6) is 0 Å². The number of hydrogen-bond donors (Lipinski definition) is 2. The Morgan fingerprint density at radius 2 is 1.59 bits per heavy atom. The third-order valence-electron chi connectivity index (χ3n) is 7.78. The van der Waals surface area contributed by atoms with Gasteiger partial charge in [0.15, 0.2) is 0 Å². The minimum absolute atomic E-state index is 0.0758. The van der Waals surface area contributed by atoms with Crippen molar-refractivity contribution in [2.75, 3.05) is 11.1 Å². The Hall–Kier alpha value is -4.88. The first-order valence-electron chi connectivity index (χ1n) is 14.8. The van der Waals surface area contributed by atoms with Gasteiger partial charge in [0.05, 0.1) is 11.3 Å². The van der Waals surface area contributed by atoms with Crippen molar-refractivity contribution < 1.29 is 14.4 Å². The van der Waals surface area contributed by atoms with E-state index in [2.05, 4.69) is 16.7 Å². The largest absolute Gasteiger partial charge is 0.321 e.